The summed E-state index contributed by atoms with van der Waals surface area (Å²) in [6.45, 7) is 2.79. The average Bonchev–Trinajstić information content (AvgIpc) is 2.98. The van der Waals surface area contributed by atoms with Gasteiger partial charge in [0.1, 0.15) is 5.52 Å². The Morgan fingerprint density at radius 3 is 2.75 bits per heavy atom. The summed E-state index contributed by atoms with van der Waals surface area (Å²) in [6, 6.07) is 15.8. The highest BCUT2D eigenvalue weighted by Crippen LogP contribution is 2.25. The molecule has 24 heavy (non-hydrogen) atoms. The minimum absolute atomic E-state index is 0.237. The van der Waals surface area contributed by atoms with Crippen molar-refractivity contribution in [1.29, 1.82) is 0 Å². The van der Waals surface area contributed by atoms with Crippen LogP contribution in [0.25, 0.3) is 22.1 Å². The summed E-state index contributed by atoms with van der Waals surface area (Å²) in [7, 11) is 0. The largest absolute Gasteiger partial charge is 0.352 e. The number of nitrogens with zero attached hydrogens (tertiary/aromatic N) is 3. The third-order valence-corrected chi connectivity index (χ3v) is 4.47. The molecule has 0 saturated heterocycles. The van der Waals surface area contributed by atoms with Crippen LogP contribution >= 0.6 is 11.6 Å². The van der Waals surface area contributed by atoms with Crippen molar-refractivity contribution in [3.8, 4) is 0 Å². The number of rotatable bonds is 4. The zero-order chi connectivity index (χ0) is 16.5. The molecule has 0 bridgehead atoms. The Morgan fingerprint density at radius 1 is 1.08 bits per heavy atom. The second kappa shape index (κ2) is 6.09. The predicted molar refractivity (Wildman–Crippen MR) is 97.5 cm³/mol. The summed E-state index contributed by atoms with van der Waals surface area (Å²) in [4.78, 5) is 7.80. The van der Waals surface area contributed by atoms with Gasteiger partial charge in [-0.25, -0.2) is 0 Å². The molecular formula is C18H16ClN5. The van der Waals surface area contributed by atoms with Crippen LogP contribution in [0.3, 0.4) is 0 Å². The van der Waals surface area contributed by atoms with E-state index in [0.29, 0.717) is 12.5 Å². The normalized spacial score (nSPS) is 12.6. The van der Waals surface area contributed by atoms with E-state index in [4.69, 9.17) is 11.6 Å². The summed E-state index contributed by atoms with van der Waals surface area (Å²) < 4.78 is 0. The van der Waals surface area contributed by atoms with Gasteiger partial charge in [-0.2, -0.15) is 4.98 Å². The van der Waals surface area contributed by atoms with E-state index in [1.165, 1.54) is 0 Å². The molecule has 2 aromatic carbocycles. The molecule has 0 aliphatic carbocycles. The Bertz CT molecular complexity index is 1010. The SMILES string of the molecule is CC(CNc1nnc2c(n1)[nH]c1ccccc12)c1ccccc1Cl. The first-order valence-corrected chi connectivity index (χ1v) is 8.19. The second-order valence-corrected chi connectivity index (χ2v) is 6.21. The summed E-state index contributed by atoms with van der Waals surface area (Å²) in [5.41, 5.74) is 3.64. The van der Waals surface area contributed by atoms with Gasteiger partial charge >= 0.3 is 0 Å². The van der Waals surface area contributed by atoms with Crippen molar-refractivity contribution in [2.75, 3.05) is 11.9 Å². The van der Waals surface area contributed by atoms with Crippen LogP contribution in [0.5, 0.6) is 0 Å². The van der Waals surface area contributed by atoms with Crippen LogP contribution in [0, 0.1) is 0 Å². The molecule has 0 saturated carbocycles. The van der Waals surface area contributed by atoms with Gasteiger partial charge in [-0.15, -0.1) is 10.2 Å². The molecule has 2 aromatic heterocycles. The topological polar surface area (TPSA) is 66.5 Å². The van der Waals surface area contributed by atoms with Crippen LogP contribution < -0.4 is 5.32 Å². The molecule has 5 nitrogen and oxygen atoms in total. The zero-order valence-corrected chi connectivity index (χ0v) is 13.9. The number of benzene rings is 2. The van der Waals surface area contributed by atoms with Gasteiger partial charge in [-0.1, -0.05) is 54.9 Å². The molecule has 0 aliphatic heterocycles. The van der Waals surface area contributed by atoms with Crippen molar-refractivity contribution in [1.82, 2.24) is 20.2 Å². The number of anilines is 1. The fourth-order valence-corrected chi connectivity index (χ4v) is 3.15. The number of para-hydroxylation sites is 1. The maximum absolute atomic E-state index is 6.25. The molecule has 1 unspecified atom stereocenters. The predicted octanol–water partition coefficient (Wildman–Crippen LogP) is 4.38. The van der Waals surface area contributed by atoms with E-state index in [9.17, 15) is 0 Å². The number of fused-ring (bicyclic) bond motifs is 3. The van der Waals surface area contributed by atoms with Gasteiger partial charge in [0, 0.05) is 22.5 Å². The summed E-state index contributed by atoms with van der Waals surface area (Å²) >= 11 is 6.25. The van der Waals surface area contributed by atoms with Crippen molar-refractivity contribution in [2.45, 2.75) is 12.8 Å². The quantitative estimate of drug-likeness (QED) is 0.580. The number of halogens is 1. The Balaban J connectivity index is 1.56. The lowest BCUT2D eigenvalue weighted by Crippen LogP contribution is -2.12. The third kappa shape index (κ3) is 2.67. The van der Waals surface area contributed by atoms with Crippen molar-refractivity contribution < 1.29 is 0 Å². The molecule has 4 rings (SSSR count). The van der Waals surface area contributed by atoms with Crippen LogP contribution in [-0.4, -0.2) is 26.7 Å². The molecule has 2 heterocycles. The van der Waals surface area contributed by atoms with Gasteiger partial charge in [0.15, 0.2) is 5.65 Å². The highest BCUT2D eigenvalue weighted by atomic mass is 35.5. The zero-order valence-electron chi connectivity index (χ0n) is 13.1. The fraction of sp³-hybridized carbons (Fsp3) is 0.167. The lowest BCUT2D eigenvalue weighted by atomic mass is 10.0. The van der Waals surface area contributed by atoms with E-state index in [1.807, 2.05) is 48.5 Å². The standard InChI is InChI=1S/C18H16ClN5/c1-11(12-6-2-4-8-14(12)19)10-20-18-22-17-16(23-24-18)13-7-3-5-9-15(13)21-17/h2-9,11H,10H2,1H3,(H2,20,21,22,24). The lowest BCUT2D eigenvalue weighted by molar-refractivity contribution is 0.793. The molecule has 2 N–H and O–H groups in total. The molecule has 0 spiro atoms. The minimum Gasteiger partial charge on any atom is -0.352 e. The highest BCUT2D eigenvalue weighted by Gasteiger charge is 2.11. The molecular weight excluding hydrogens is 322 g/mol. The van der Waals surface area contributed by atoms with Crippen LogP contribution in [0.1, 0.15) is 18.4 Å². The van der Waals surface area contributed by atoms with Crippen LogP contribution in [0.2, 0.25) is 5.02 Å². The van der Waals surface area contributed by atoms with E-state index in [-0.39, 0.29) is 5.92 Å². The third-order valence-electron chi connectivity index (χ3n) is 4.12. The van der Waals surface area contributed by atoms with E-state index < -0.39 is 0 Å². The molecule has 4 aromatic rings. The van der Waals surface area contributed by atoms with Gasteiger partial charge in [-0.3, -0.25) is 0 Å². The van der Waals surface area contributed by atoms with Gasteiger partial charge < -0.3 is 10.3 Å². The van der Waals surface area contributed by atoms with E-state index in [1.54, 1.807) is 0 Å². The monoisotopic (exact) mass is 337 g/mol. The highest BCUT2D eigenvalue weighted by molar-refractivity contribution is 6.31. The Hall–Kier alpha value is -2.66. The molecule has 0 amide bonds. The smallest absolute Gasteiger partial charge is 0.244 e. The van der Waals surface area contributed by atoms with Crippen molar-refractivity contribution in [2.24, 2.45) is 0 Å². The number of hydrogen-bond acceptors (Lipinski definition) is 4. The first kappa shape index (κ1) is 14.9. The van der Waals surface area contributed by atoms with Crippen LogP contribution in [0.4, 0.5) is 5.95 Å². The fourth-order valence-electron chi connectivity index (χ4n) is 2.82. The van der Waals surface area contributed by atoms with E-state index in [2.05, 4.69) is 32.4 Å². The molecule has 0 aliphatic rings. The lowest BCUT2D eigenvalue weighted by Gasteiger charge is -2.14. The Morgan fingerprint density at radius 2 is 1.88 bits per heavy atom. The first-order valence-electron chi connectivity index (χ1n) is 7.82. The van der Waals surface area contributed by atoms with E-state index >= 15 is 0 Å². The Labute approximate surface area is 144 Å². The molecule has 0 fully saturated rings. The van der Waals surface area contributed by atoms with Gasteiger partial charge in [0.2, 0.25) is 5.95 Å². The average molecular weight is 338 g/mol. The molecule has 6 heteroatoms. The van der Waals surface area contributed by atoms with Gasteiger partial charge in [0.05, 0.1) is 0 Å². The van der Waals surface area contributed by atoms with Gasteiger partial charge in [0.25, 0.3) is 0 Å². The number of nitrogens with one attached hydrogen (secondary N) is 2. The van der Waals surface area contributed by atoms with Crippen LogP contribution in [-0.2, 0) is 0 Å². The summed E-state index contributed by atoms with van der Waals surface area (Å²) in [6.07, 6.45) is 0. The molecule has 120 valence electrons. The second-order valence-electron chi connectivity index (χ2n) is 5.81. The van der Waals surface area contributed by atoms with E-state index in [0.717, 1.165) is 32.7 Å². The molecule has 1 atom stereocenters. The minimum atomic E-state index is 0.237. The molecule has 0 radical (unpaired) electrons. The number of aromatic amines is 1. The summed E-state index contributed by atoms with van der Waals surface area (Å²) in [5.74, 6) is 0.744. The maximum Gasteiger partial charge on any atom is 0.244 e. The first-order chi connectivity index (χ1) is 11.7. The Kier molecular flexibility index (Phi) is 3.78. The summed E-state index contributed by atoms with van der Waals surface area (Å²) in [5, 5.41) is 13.5. The number of hydrogen-bond donors (Lipinski definition) is 2. The van der Waals surface area contributed by atoms with Crippen molar-refractivity contribution in [3.63, 3.8) is 0 Å². The van der Waals surface area contributed by atoms with Crippen molar-refractivity contribution >= 4 is 39.6 Å². The number of aromatic nitrogens is 4. The van der Waals surface area contributed by atoms with Crippen molar-refractivity contribution in [3.05, 3.63) is 59.1 Å². The maximum atomic E-state index is 6.25. The van der Waals surface area contributed by atoms with Crippen LogP contribution in [0.15, 0.2) is 48.5 Å². The number of H-pyrrole nitrogens is 1. The van der Waals surface area contributed by atoms with Gasteiger partial charge in [-0.05, 0) is 23.6 Å².